The van der Waals surface area contributed by atoms with Gasteiger partial charge in [-0.1, -0.05) is 12.1 Å². The van der Waals surface area contributed by atoms with Gasteiger partial charge in [0, 0.05) is 11.6 Å². The summed E-state index contributed by atoms with van der Waals surface area (Å²) in [4.78, 5) is 0. The Hall–Kier alpha value is -2.06. The van der Waals surface area contributed by atoms with E-state index < -0.39 is 15.6 Å². The van der Waals surface area contributed by atoms with Crippen LogP contribution in [0.3, 0.4) is 0 Å². The van der Waals surface area contributed by atoms with Crippen LogP contribution in [0.15, 0.2) is 36.4 Å². The minimum Gasteiger partial charge on any atom is -0.370 e. The molecule has 0 saturated carbocycles. The Morgan fingerprint density at radius 2 is 1.82 bits per heavy atom. The average Bonchev–Trinajstić information content (AvgIpc) is 2.75. The molecular formula is C14H11F3NO3S+. The summed E-state index contributed by atoms with van der Waals surface area (Å²) in [5, 5.41) is 1.62. The van der Waals surface area contributed by atoms with E-state index in [1.807, 2.05) is 25.1 Å². The predicted octanol–water partition coefficient (Wildman–Crippen LogP) is 2.73. The molecule has 0 spiro atoms. The van der Waals surface area contributed by atoms with E-state index in [0.29, 0.717) is 11.3 Å². The molecule has 0 unspecified atom stereocenters. The fraction of sp³-hybridized carbons (Fsp3) is 0.143. The Morgan fingerprint density at radius 1 is 1.09 bits per heavy atom. The van der Waals surface area contributed by atoms with Gasteiger partial charge in [-0.2, -0.15) is 21.6 Å². The van der Waals surface area contributed by atoms with Crippen LogP contribution in [-0.2, 0) is 10.1 Å². The highest BCUT2D eigenvalue weighted by Gasteiger charge is 2.49. The number of rotatable bonds is 2. The molecule has 0 amide bonds. The van der Waals surface area contributed by atoms with Crippen molar-refractivity contribution in [3.05, 3.63) is 42.0 Å². The van der Waals surface area contributed by atoms with Crippen molar-refractivity contribution in [1.29, 1.82) is 0 Å². The van der Waals surface area contributed by atoms with Gasteiger partial charge in [-0.05, 0) is 30.7 Å². The minimum absolute atomic E-state index is 0.330. The number of hydrogen-bond donors (Lipinski definition) is 1. The van der Waals surface area contributed by atoms with E-state index in [1.54, 1.807) is 11.4 Å². The van der Waals surface area contributed by atoms with E-state index in [1.165, 1.54) is 12.1 Å². The van der Waals surface area contributed by atoms with Crippen molar-refractivity contribution in [2.24, 2.45) is 0 Å². The maximum absolute atomic E-state index is 12.5. The molecule has 4 nitrogen and oxygen atoms in total. The zero-order valence-electron chi connectivity index (χ0n) is 11.3. The fourth-order valence-corrected chi connectivity index (χ4v) is 2.84. The van der Waals surface area contributed by atoms with Gasteiger partial charge in [0.15, 0.2) is 5.69 Å². The second-order valence-corrected chi connectivity index (χ2v) is 6.47. The normalized spacial score (nSPS) is 13.6. The largest absolute Gasteiger partial charge is 0.534 e. The van der Waals surface area contributed by atoms with Gasteiger partial charge in [0.25, 0.3) is 0 Å². The van der Waals surface area contributed by atoms with Crippen LogP contribution in [0.5, 0.6) is 5.75 Å². The summed E-state index contributed by atoms with van der Waals surface area (Å²) in [6.45, 7) is 1.89. The summed E-state index contributed by atoms with van der Waals surface area (Å²) in [7, 11) is -5.69. The Balaban J connectivity index is 2.06. The van der Waals surface area contributed by atoms with Crippen molar-refractivity contribution in [1.82, 2.24) is 0 Å². The molecule has 3 rings (SSSR count). The Labute approximate surface area is 124 Å². The average molecular weight is 330 g/mol. The van der Waals surface area contributed by atoms with Crippen LogP contribution in [0, 0.1) is 6.92 Å². The number of alkyl halides is 3. The standard InChI is InChI=1S/C14H10F3NO3S/c1-8-5-6-9-10-3-2-4-12(13(10)18-11(9)7-8)21-22(19,20)14(15,16)17/h2-7,18H,1H3/p+1. The third-order valence-corrected chi connectivity index (χ3v) is 4.31. The van der Waals surface area contributed by atoms with Crippen LogP contribution in [0.2, 0.25) is 0 Å². The third kappa shape index (κ3) is 2.34. The maximum atomic E-state index is 12.5. The van der Waals surface area contributed by atoms with Gasteiger partial charge in [-0.15, -0.1) is 0 Å². The lowest BCUT2D eigenvalue weighted by Crippen LogP contribution is -2.69. The van der Waals surface area contributed by atoms with E-state index >= 15 is 0 Å². The van der Waals surface area contributed by atoms with Crippen molar-refractivity contribution >= 4 is 21.5 Å². The third-order valence-electron chi connectivity index (χ3n) is 3.35. The molecule has 2 aromatic carbocycles. The molecule has 0 atom stereocenters. The molecule has 0 aliphatic carbocycles. The first-order chi connectivity index (χ1) is 10.2. The number of halogens is 3. The van der Waals surface area contributed by atoms with Crippen LogP contribution in [0.1, 0.15) is 5.56 Å². The summed E-state index contributed by atoms with van der Waals surface area (Å²) < 4.78 is 64.1. The first kappa shape index (κ1) is 14.9. The molecule has 2 N–H and O–H groups in total. The summed E-state index contributed by atoms with van der Waals surface area (Å²) in [5.41, 5.74) is -1.85. The minimum atomic E-state index is -5.69. The second-order valence-electron chi connectivity index (χ2n) is 4.94. The molecule has 1 heterocycles. The Bertz CT molecular complexity index is 860. The second kappa shape index (κ2) is 4.72. The topological polar surface area (TPSA) is 60.0 Å². The molecule has 0 aromatic heterocycles. The zero-order chi connectivity index (χ0) is 16.1. The van der Waals surface area contributed by atoms with Crippen LogP contribution >= 0.6 is 0 Å². The van der Waals surface area contributed by atoms with Gasteiger partial charge < -0.3 is 4.18 Å². The highest BCUT2D eigenvalue weighted by atomic mass is 32.2. The summed E-state index contributed by atoms with van der Waals surface area (Å²) >= 11 is 0. The number of fused-ring (bicyclic) bond motifs is 3. The first-order valence-electron chi connectivity index (χ1n) is 6.28. The quantitative estimate of drug-likeness (QED) is 0.446. The monoisotopic (exact) mass is 330 g/mol. The van der Waals surface area contributed by atoms with E-state index in [4.69, 9.17) is 0 Å². The van der Waals surface area contributed by atoms with E-state index in [2.05, 4.69) is 4.18 Å². The van der Waals surface area contributed by atoms with Crippen molar-refractivity contribution in [3.63, 3.8) is 0 Å². The number of para-hydroxylation sites is 1. The Morgan fingerprint density at radius 3 is 2.50 bits per heavy atom. The first-order valence-corrected chi connectivity index (χ1v) is 7.69. The zero-order valence-corrected chi connectivity index (χ0v) is 12.1. The molecule has 0 saturated heterocycles. The van der Waals surface area contributed by atoms with Crippen LogP contribution < -0.4 is 9.50 Å². The van der Waals surface area contributed by atoms with Gasteiger partial charge in [0.05, 0.1) is 5.56 Å². The number of hydrogen-bond acceptors (Lipinski definition) is 3. The van der Waals surface area contributed by atoms with Crippen LogP contribution in [0.25, 0.3) is 11.1 Å². The molecule has 1 aliphatic rings. The van der Waals surface area contributed by atoms with Gasteiger partial charge in [0.1, 0.15) is 5.69 Å². The lowest BCUT2D eigenvalue weighted by Gasteiger charge is -2.10. The molecule has 8 heteroatoms. The Kier molecular flexibility index (Phi) is 3.19. The van der Waals surface area contributed by atoms with Gasteiger partial charge in [0.2, 0.25) is 5.75 Å². The van der Waals surface area contributed by atoms with Gasteiger partial charge >= 0.3 is 15.6 Å². The van der Waals surface area contributed by atoms with E-state index in [0.717, 1.165) is 16.8 Å². The van der Waals surface area contributed by atoms with Crippen molar-refractivity contribution in [2.45, 2.75) is 12.4 Å². The van der Waals surface area contributed by atoms with Crippen molar-refractivity contribution in [3.8, 4) is 16.9 Å². The summed E-state index contributed by atoms with van der Waals surface area (Å²) in [6, 6.07) is 9.97. The van der Waals surface area contributed by atoms with Crippen LogP contribution in [0.4, 0.5) is 24.5 Å². The SMILES string of the molecule is Cc1ccc2c(c1)[NH2+]c1c(OS(=O)(=O)C(F)(F)F)cccc1-2. The molecule has 22 heavy (non-hydrogen) atoms. The lowest BCUT2D eigenvalue weighted by molar-refractivity contribution is -0.473. The number of nitrogens with two attached hydrogens (primary N) is 1. The van der Waals surface area contributed by atoms with Crippen molar-refractivity contribution < 1.29 is 31.1 Å². The molecule has 0 bridgehead atoms. The summed E-state index contributed by atoms with van der Waals surface area (Å²) in [5.74, 6) is -0.330. The number of quaternary nitrogens is 1. The van der Waals surface area contributed by atoms with Crippen LogP contribution in [-0.4, -0.2) is 13.9 Å². The van der Waals surface area contributed by atoms with E-state index in [-0.39, 0.29) is 5.75 Å². The van der Waals surface area contributed by atoms with Gasteiger partial charge in [-0.3, -0.25) is 5.32 Å². The summed E-state index contributed by atoms with van der Waals surface area (Å²) in [6.07, 6.45) is 0. The maximum Gasteiger partial charge on any atom is 0.534 e. The lowest BCUT2D eigenvalue weighted by atomic mass is 10.0. The number of benzene rings is 2. The smallest absolute Gasteiger partial charge is 0.370 e. The molecule has 116 valence electrons. The molecule has 0 fully saturated rings. The highest BCUT2D eigenvalue weighted by Crippen LogP contribution is 2.42. The number of aryl methyl sites for hydroxylation is 1. The van der Waals surface area contributed by atoms with Gasteiger partial charge in [-0.25, -0.2) is 0 Å². The predicted molar refractivity (Wildman–Crippen MR) is 73.5 cm³/mol. The fourth-order valence-electron chi connectivity index (χ4n) is 2.37. The molecule has 2 aromatic rings. The van der Waals surface area contributed by atoms with E-state index in [9.17, 15) is 21.6 Å². The highest BCUT2D eigenvalue weighted by molar-refractivity contribution is 7.88. The molecular weight excluding hydrogens is 319 g/mol. The van der Waals surface area contributed by atoms with Crippen molar-refractivity contribution in [2.75, 3.05) is 0 Å². The molecule has 0 radical (unpaired) electrons. The molecule has 1 aliphatic heterocycles.